The molecule has 1 fully saturated rings. The summed E-state index contributed by atoms with van der Waals surface area (Å²) in [5, 5.41) is 0.331. The van der Waals surface area contributed by atoms with Gasteiger partial charge in [0, 0.05) is 23.0 Å². The third kappa shape index (κ3) is 4.78. The Hall–Kier alpha value is -2.76. The van der Waals surface area contributed by atoms with Gasteiger partial charge in [-0.05, 0) is 73.0 Å². The summed E-state index contributed by atoms with van der Waals surface area (Å²) in [4.78, 5) is 27.1. The van der Waals surface area contributed by atoms with E-state index in [4.69, 9.17) is 11.6 Å². The van der Waals surface area contributed by atoms with Crippen LogP contribution in [0, 0.1) is 13.8 Å². The monoisotopic (exact) mass is 450 g/mol. The van der Waals surface area contributed by atoms with Gasteiger partial charge >= 0.3 is 0 Å². The molecule has 0 spiro atoms. The molecule has 4 rings (SSSR count). The molecule has 1 aliphatic heterocycles. The molecule has 3 aromatic rings. The molecule has 2 aromatic carbocycles. The van der Waals surface area contributed by atoms with Gasteiger partial charge in [-0.25, -0.2) is 0 Å². The fourth-order valence-corrected chi connectivity index (χ4v) is 4.84. The number of aryl methyl sites for hydroxylation is 2. The second-order valence-electron chi connectivity index (χ2n) is 7.61. The average molecular weight is 451 g/mol. The molecule has 4 nitrogen and oxygen atoms in total. The van der Waals surface area contributed by atoms with Crippen LogP contribution in [0.25, 0.3) is 6.08 Å². The van der Waals surface area contributed by atoms with Crippen molar-refractivity contribution in [2.24, 2.45) is 0 Å². The molecule has 1 saturated heterocycles. The zero-order valence-electron chi connectivity index (χ0n) is 17.5. The molecule has 0 aliphatic carbocycles. The van der Waals surface area contributed by atoms with E-state index in [-0.39, 0.29) is 17.7 Å². The molecule has 0 unspecified atom stereocenters. The van der Waals surface area contributed by atoms with Crippen molar-refractivity contribution in [2.45, 2.75) is 33.4 Å². The Bertz CT molecular complexity index is 1170. The van der Waals surface area contributed by atoms with Crippen LogP contribution in [0.15, 0.2) is 65.6 Å². The van der Waals surface area contributed by atoms with Gasteiger partial charge in [0.2, 0.25) is 0 Å². The predicted octanol–water partition coefficient (Wildman–Crippen LogP) is 6.24. The third-order valence-corrected chi connectivity index (χ3v) is 6.61. The van der Waals surface area contributed by atoms with Gasteiger partial charge < -0.3 is 4.57 Å². The fraction of sp³-hybridized carbons (Fsp3) is 0.200. The van der Waals surface area contributed by atoms with Crippen molar-refractivity contribution in [2.75, 3.05) is 0 Å². The largest absolute Gasteiger partial charge is 0.348 e. The van der Waals surface area contributed by atoms with Crippen LogP contribution in [-0.4, -0.2) is 20.6 Å². The molecule has 1 aromatic heterocycles. The van der Waals surface area contributed by atoms with Crippen LogP contribution in [0.2, 0.25) is 5.02 Å². The Kier molecular flexibility index (Phi) is 6.35. The van der Waals surface area contributed by atoms with Gasteiger partial charge in [0.1, 0.15) is 0 Å². The molecule has 0 saturated carbocycles. The number of aromatic nitrogens is 1. The van der Waals surface area contributed by atoms with E-state index in [1.54, 1.807) is 12.1 Å². The number of nitrogens with zero attached hydrogens (tertiary/aromatic N) is 2. The van der Waals surface area contributed by atoms with Crippen LogP contribution in [0.4, 0.5) is 4.79 Å². The highest BCUT2D eigenvalue weighted by molar-refractivity contribution is 8.18. The summed E-state index contributed by atoms with van der Waals surface area (Å²) < 4.78 is 2.26. The van der Waals surface area contributed by atoms with E-state index in [1.165, 1.54) is 10.5 Å². The molecule has 0 radical (unpaired) electrons. The van der Waals surface area contributed by atoms with E-state index in [9.17, 15) is 9.59 Å². The van der Waals surface area contributed by atoms with E-state index in [1.807, 2.05) is 24.3 Å². The number of hydrogen-bond acceptors (Lipinski definition) is 3. The number of thioether (sulfide) groups is 1. The van der Waals surface area contributed by atoms with Gasteiger partial charge in [-0.1, -0.05) is 54.1 Å². The minimum absolute atomic E-state index is 0.221. The van der Waals surface area contributed by atoms with E-state index < -0.39 is 0 Å². The van der Waals surface area contributed by atoms with Crippen LogP contribution in [-0.2, 0) is 24.3 Å². The molecule has 2 heterocycles. The molecular formula is C25H23ClN2O2S. The number of carbonyl (C=O) groups is 2. The minimum atomic E-state index is -0.260. The van der Waals surface area contributed by atoms with Crippen molar-refractivity contribution < 1.29 is 9.59 Å². The Morgan fingerprint density at radius 2 is 1.71 bits per heavy atom. The third-order valence-electron chi connectivity index (χ3n) is 5.47. The van der Waals surface area contributed by atoms with E-state index in [0.29, 0.717) is 9.93 Å². The minimum Gasteiger partial charge on any atom is -0.348 e. The SMILES string of the molecule is Cc1cc(/C=C2\SC(=O)N(Cc3cccc(Cl)c3)C2=O)c(C)n1CCc1ccccc1. The molecular weight excluding hydrogens is 428 g/mol. The molecule has 0 bridgehead atoms. The summed E-state index contributed by atoms with van der Waals surface area (Å²) >= 11 is 7.02. The first-order valence-corrected chi connectivity index (χ1v) is 11.3. The Labute approximate surface area is 191 Å². The summed E-state index contributed by atoms with van der Waals surface area (Å²) in [6.07, 6.45) is 2.77. The Balaban J connectivity index is 1.52. The zero-order valence-corrected chi connectivity index (χ0v) is 19.0. The van der Waals surface area contributed by atoms with Gasteiger partial charge in [0.25, 0.3) is 11.1 Å². The fourth-order valence-electron chi connectivity index (χ4n) is 3.80. The van der Waals surface area contributed by atoms with Gasteiger partial charge in [-0.2, -0.15) is 0 Å². The molecule has 0 atom stereocenters. The molecule has 6 heteroatoms. The number of amides is 2. The first kappa shape index (κ1) is 21.5. The second kappa shape index (κ2) is 9.16. The summed E-state index contributed by atoms with van der Waals surface area (Å²) in [5.74, 6) is -0.260. The summed E-state index contributed by atoms with van der Waals surface area (Å²) in [5.41, 5.74) is 5.32. The predicted molar refractivity (Wildman–Crippen MR) is 127 cm³/mol. The smallest absolute Gasteiger partial charge is 0.293 e. The lowest BCUT2D eigenvalue weighted by molar-refractivity contribution is -0.123. The molecule has 158 valence electrons. The topological polar surface area (TPSA) is 42.3 Å². The quantitative estimate of drug-likeness (QED) is 0.417. The van der Waals surface area contributed by atoms with Crippen molar-refractivity contribution in [3.8, 4) is 0 Å². The lowest BCUT2D eigenvalue weighted by Crippen LogP contribution is -2.27. The number of imide groups is 1. The zero-order chi connectivity index (χ0) is 22.0. The van der Waals surface area contributed by atoms with E-state index >= 15 is 0 Å². The van der Waals surface area contributed by atoms with Crippen LogP contribution in [0.1, 0.15) is 28.1 Å². The molecule has 0 N–H and O–H groups in total. The average Bonchev–Trinajstić information content (AvgIpc) is 3.17. The maximum absolute atomic E-state index is 12.9. The molecule has 31 heavy (non-hydrogen) atoms. The van der Waals surface area contributed by atoms with Crippen molar-refractivity contribution >= 4 is 40.6 Å². The van der Waals surface area contributed by atoms with Crippen molar-refractivity contribution in [1.82, 2.24) is 9.47 Å². The molecule has 1 aliphatic rings. The van der Waals surface area contributed by atoms with Crippen LogP contribution in [0.5, 0.6) is 0 Å². The first-order chi connectivity index (χ1) is 14.9. The maximum atomic E-state index is 12.9. The van der Waals surface area contributed by atoms with Crippen molar-refractivity contribution in [3.63, 3.8) is 0 Å². The van der Waals surface area contributed by atoms with Gasteiger partial charge in [0.05, 0.1) is 11.4 Å². The number of halogens is 1. The molecule has 2 amide bonds. The van der Waals surface area contributed by atoms with Crippen LogP contribution < -0.4 is 0 Å². The Morgan fingerprint density at radius 3 is 2.45 bits per heavy atom. The standard InChI is InChI=1S/C25H23ClN2O2S/c1-17-13-21(18(2)27(17)12-11-19-7-4-3-5-8-19)15-23-24(29)28(25(30)31-23)16-20-9-6-10-22(26)14-20/h3-10,13-15H,11-12,16H2,1-2H3/b23-15-. The highest BCUT2D eigenvalue weighted by atomic mass is 35.5. The maximum Gasteiger partial charge on any atom is 0.293 e. The number of hydrogen-bond donors (Lipinski definition) is 0. The summed E-state index contributed by atoms with van der Waals surface area (Å²) in [6, 6.07) is 19.7. The summed E-state index contributed by atoms with van der Waals surface area (Å²) in [6.45, 7) is 5.21. The number of carbonyl (C=O) groups excluding carboxylic acids is 2. The lowest BCUT2D eigenvalue weighted by Gasteiger charge is -2.12. The highest BCUT2D eigenvalue weighted by Gasteiger charge is 2.35. The lowest BCUT2D eigenvalue weighted by atomic mass is 10.1. The normalized spacial score (nSPS) is 15.3. The van der Waals surface area contributed by atoms with Crippen LogP contribution >= 0.6 is 23.4 Å². The van der Waals surface area contributed by atoms with Crippen molar-refractivity contribution in [3.05, 3.63) is 98.7 Å². The van der Waals surface area contributed by atoms with Gasteiger partial charge in [-0.15, -0.1) is 0 Å². The number of benzene rings is 2. The van der Waals surface area contributed by atoms with Gasteiger partial charge in [-0.3, -0.25) is 14.5 Å². The van der Waals surface area contributed by atoms with Crippen molar-refractivity contribution in [1.29, 1.82) is 0 Å². The van der Waals surface area contributed by atoms with Gasteiger partial charge in [0.15, 0.2) is 0 Å². The highest BCUT2D eigenvalue weighted by Crippen LogP contribution is 2.34. The second-order valence-corrected chi connectivity index (χ2v) is 9.04. The van der Waals surface area contributed by atoms with E-state index in [2.05, 4.69) is 48.7 Å². The summed E-state index contributed by atoms with van der Waals surface area (Å²) in [7, 11) is 0. The first-order valence-electron chi connectivity index (χ1n) is 10.1. The van der Waals surface area contributed by atoms with Crippen LogP contribution in [0.3, 0.4) is 0 Å². The number of rotatable bonds is 6. The Morgan fingerprint density at radius 1 is 0.968 bits per heavy atom. The van der Waals surface area contributed by atoms with E-state index in [0.717, 1.165) is 47.2 Å².